The third-order valence-electron chi connectivity index (χ3n) is 14.1. The van der Waals surface area contributed by atoms with Crippen molar-refractivity contribution in [2.45, 2.75) is 69.1 Å². The SMILES string of the molecule is COC(=O)NC(C(=O)N1CC2(CC2)CC1c1ncc(-c2ccc(-c3ccc4cc(-c5cnc(C6CCCN6C(=O)C(NC(=O)OC)C6CCOCC6)[nH]5)ccc4c3)cc2)[nH]1)c1ccccc1. The van der Waals surface area contributed by atoms with Crippen LogP contribution < -0.4 is 10.6 Å². The quantitative estimate of drug-likeness (QED) is 0.0995. The number of H-pyrrole nitrogens is 2. The Kier molecular flexibility index (Phi) is 11.8. The average Bonchev–Trinajstić information content (AvgIpc) is 3.90. The number of rotatable bonds is 11. The Morgan fingerprint density at radius 3 is 1.98 bits per heavy atom. The first kappa shape index (κ1) is 42.9. The molecule has 10 rings (SSSR count). The molecule has 4 aromatic carbocycles. The summed E-state index contributed by atoms with van der Waals surface area (Å²) in [5.74, 6) is 1.14. The predicted molar refractivity (Wildman–Crippen MR) is 247 cm³/mol. The predicted octanol–water partition coefficient (Wildman–Crippen LogP) is 8.25. The van der Waals surface area contributed by atoms with Gasteiger partial charge in [0.1, 0.15) is 23.7 Å². The van der Waals surface area contributed by atoms with E-state index in [4.69, 9.17) is 24.2 Å². The van der Waals surface area contributed by atoms with Crippen molar-refractivity contribution in [1.82, 2.24) is 40.4 Å². The monoisotopic (exact) mass is 890 g/mol. The second kappa shape index (κ2) is 18.1. The summed E-state index contributed by atoms with van der Waals surface area (Å²) in [6.07, 6.45) is 8.34. The number of carbonyl (C=O) groups is 4. The van der Waals surface area contributed by atoms with Crippen LogP contribution in [0.1, 0.15) is 80.3 Å². The zero-order chi connectivity index (χ0) is 45.4. The normalized spacial score (nSPS) is 20.0. The summed E-state index contributed by atoms with van der Waals surface area (Å²) in [4.78, 5) is 73.4. The van der Waals surface area contributed by atoms with Gasteiger partial charge in [-0.25, -0.2) is 19.6 Å². The molecule has 2 aromatic heterocycles. The Labute approximate surface area is 382 Å². The van der Waals surface area contributed by atoms with Crippen molar-refractivity contribution >= 4 is 34.8 Å². The molecule has 5 heterocycles. The second-order valence-electron chi connectivity index (χ2n) is 18.1. The molecule has 1 saturated carbocycles. The van der Waals surface area contributed by atoms with Crippen molar-refractivity contribution < 1.29 is 33.4 Å². The minimum absolute atomic E-state index is 0.0306. The number of likely N-dealkylation sites (tertiary alicyclic amines) is 2. The molecule has 4 amide bonds. The third-order valence-corrected chi connectivity index (χ3v) is 14.1. The Morgan fingerprint density at radius 1 is 0.697 bits per heavy atom. The van der Waals surface area contributed by atoms with Gasteiger partial charge >= 0.3 is 12.2 Å². The zero-order valence-corrected chi connectivity index (χ0v) is 37.1. The molecule has 4 atom stereocenters. The van der Waals surface area contributed by atoms with Gasteiger partial charge in [-0.15, -0.1) is 0 Å². The molecule has 1 spiro atoms. The third kappa shape index (κ3) is 8.62. The largest absolute Gasteiger partial charge is 0.453 e. The van der Waals surface area contributed by atoms with Gasteiger partial charge in [0.25, 0.3) is 5.91 Å². The van der Waals surface area contributed by atoms with Crippen molar-refractivity contribution in [2.24, 2.45) is 11.3 Å². The molecule has 4 aliphatic rings. The molecular weight excluding hydrogens is 837 g/mol. The number of nitrogens with zero attached hydrogens (tertiary/aromatic N) is 4. The van der Waals surface area contributed by atoms with Crippen LogP contribution in [0, 0.1) is 11.3 Å². The Hall–Kier alpha value is -7.00. The summed E-state index contributed by atoms with van der Waals surface area (Å²) in [6, 6.07) is 28.4. The van der Waals surface area contributed by atoms with E-state index < -0.39 is 24.3 Å². The maximum Gasteiger partial charge on any atom is 0.407 e. The summed E-state index contributed by atoms with van der Waals surface area (Å²) < 4.78 is 15.3. The number of aromatic amines is 2. The number of nitrogens with one attached hydrogen (secondary N) is 4. The minimum Gasteiger partial charge on any atom is -0.453 e. The molecule has 0 radical (unpaired) electrons. The summed E-state index contributed by atoms with van der Waals surface area (Å²) in [7, 11) is 2.61. The molecule has 66 heavy (non-hydrogen) atoms. The maximum absolute atomic E-state index is 14.3. The van der Waals surface area contributed by atoms with Gasteiger partial charge in [-0.05, 0) is 101 Å². The van der Waals surface area contributed by atoms with Crippen LogP contribution in [0.5, 0.6) is 0 Å². The zero-order valence-electron chi connectivity index (χ0n) is 37.1. The van der Waals surface area contributed by atoms with Crippen molar-refractivity contribution in [3.8, 4) is 33.6 Å². The fourth-order valence-electron chi connectivity index (χ4n) is 10.2. The van der Waals surface area contributed by atoms with Gasteiger partial charge in [0.2, 0.25) is 5.91 Å². The topological polar surface area (TPSA) is 184 Å². The Morgan fingerprint density at radius 2 is 1.30 bits per heavy atom. The van der Waals surface area contributed by atoms with Crippen LogP contribution in [-0.2, 0) is 23.8 Å². The van der Waals surface area contributed by atoms with Crippen molar-refractivity contribution in [1.29, 1.82) is 0 Å². The molecule has 4 unspecified atom stereocenters. The first-order chi connectivity index (χ1) is 32.2. The van der Waals surface area contributed by atoms with Gasteiger partial charge in [0, 0.05) is 31.9 Å². The van der Waals surface area contributed by atoms with Crippen LogP contribution >= 0.6 is 0 Å². The van der Waals surface area contributed by atoms with E-state index >= 15 is 0 Å². The summed E-state index contributed by atoms with van der Waals surface area (Å²) in [6.45, 7) is 2.32. The van der Waals surface area contributed by atoms with Crippen molar-refractivity contribution in [3.63, 3.8) is 0 Å². The van der Waals surface area contributed by atoms with E-state index in [-0.39, 0.29) is 35.2 Å². The lowest BCUT2D eigenvalue weighted by Gasteiger charge is -2.34. The molecule has 340 valence electrons. The fourth-order valence-corrected chi connectivity index (χ4v) is 10.2. The molecule has 15 heteroatoms. The molecule has 6 aromatic rings. The summed E-state index contributed by atoms with van der Waals surface area (Å²) >= 11 is 0. The number of fused-ring (bicyclic) bond motifs is 1. The maximum atomic E-state index is 14.3. The Balaban J connectivity index is 0.822. The molecule has 3 aliphatic heterocycles. The summed E-state index contributed by atoms with van der Waals surface area (Å²) in [5, 5.41) is 7.78. The number of alkyl carbamates (subject to hydrolysis) is 2. The van der Waals surface area contributed by atoms with Crippen LogP contribution in [0.3, 0.4) is 0 Å². The molecule has 3 saturated heterocycles. The van der Waals surface area contributed by atoms with E-state index in [1.54, 1.807) is 0 Å². The van der Waals surface area contributed by atoms with Gasteiger partial charge in [-0.1, -0.05) is 78.9 Å². The number of aromatic nitrogens is 4. The number of carbonyl (C=O) groups excluding carboxylic acids is 4. The number of benzene rings is 4. The number of imidazole rings is 2. The van der Waals surface area contributed by atoms with E-state index in [1.807, 2.05) is 52.5 Å². The highest BCUT2D eigenvalue weighted by Gasteiger charge is 2.55. The molecule has 1 aliphatic carbocycles. The smallest absolute Gasteiger partial charge is 0.407 e. The van der Waals surface area contributed by atoms with Crippen LogP contribution in [0.25, 0.3) is 44.4 Å². The van der Waals surface area contributed by atoms with Gasteiger partial charge in [0.05, 0.1) is 50.1 Å². The van der Waals surface area contributed by atoms with Gasteiger partial charge in [0.15, 0.2) is 0 Å². The van der Waals surface area contributed by atoms with E-state index in [9.17, 15) is 19.2 Å². The lowest BCUT2D eigenvalue weighted by Crippen LogP contribution is -2.53. The van der Waals surface area contributed by atoms with Gasteiger partial charge in [-0.2, -0.15) is 0 Å². The molecule has 0 bridgehead atoms. The van der Waals surface area contributed by atoms with Crippen molar-refractivity contribution in [2.75, 3.05) is 40.5 Å². The lowest BCUT2D eigenvalue weighted by molar-refractivity contribution is -0.137. The number of amides is 4. The molecule has 4 N–H and O–H groups in total. The first-order valence-electron chi connectivity index (χ1n) is 22.9. The highest BCUT2D eigenvalue weighted by atomic mass is 16.5. The van der Waals surface area contributed by atoms with Crippen LogP contribution in [-0.4, -0.2) is 100 Å². The summed E-state index contributed by atoms with van der Waals surface area (Å²) in [5.41, 5.74) is 6.64. The van der Waals surface area contributed by atoms with Crippen LogP contribution in [0.4, 0.5) is 9.59 Å². The fraction of sp³-hybridized carbons (Fsp3) is 0.373. The molecule has 4 fully saturated rings. The second-order valence-corrected chi connectivity index (χ2v) is 18.1. The Bertz CT molecular complexity index is 2740. The van der Waals surface area contributed by atoms with Crippen LogP contribution in [0.2, 0.25) is 0 Å². The van der Waals surface area contributed by atoms with Crippen molar-refractivity contribution in [3.05, 3.63) is 121 Å². The molecule has 15 nitrogen and oxygen atoms in total. The van der Waals surface area contributed by atoms with Crippen LogP contribution in [0.15, 0.2) is 103 Å². The number of hydrogen-bond donors (Lipinski definition) is 4. The van der Waals surface area contributed by atoms with E-state index in [2.05, 4.69) is 81.3 Å². The number of ether oxygens (including phenoxy) is 3. The number of methoxy groups -OCH3 is 2. The highest BCUT2D eigenvalue weighted by Crippen LogP contribution is 2.58. The average molecular weight is 891 g/mol. The standard InChI is InChI=1S/C51H54N8O7/c1-64-49(62)56-43(33-7-4-3-5-8-33)48(61)59-30-51(20-21-51)27-42(59)46-53-28-39(54-46)32-12-10-31(11-13-32)35-14-15-37-26-38(17-16-36(37)25-35)40-29-52-45(55-40)41-9-6-22-58(41)47(60)44(57-50(63)65-2)34-18-23-66-24-19-34/h3-5,7-8,10-17,25-26,28-29,34,41-44H,6,9,18-24,27,30H2,1-2H3,(H,52,55)(H,53,54)(H,56,62)(H,57,63). The highest BCUT2D eigenvalue weighted by molar-refractivity contribution is 5.91. The first-order valence-corrected chi connectivity index (χ1v) is 22.9. The van der Waals surface area contributed by atoms with Gasteiger partial charge < -0.3 is 44.6 Å². The molecular formula is C51H54N8O7. The van der Waals surface area contributed by atoms with E-state index in [0.717, 1.165) is 88.2 Å². The lowest BCUT2D eigenvalue weighted by atomic mass is 9.90. The minimum atomic E-state index is -0.881. The van der Waals surface area contributed by atoms with E-state index in [1.165, 1.54) is 14.2 Å². The number of hydrogen-bond acceptors (Lipinski definition) is 9. The van der Waals surface area contributed by atoms with Gasteiger partial charge in [-0.3, -0.25) is 9.59 Å². The van der Waals surface area contributed by atoms with E-state index in [0.29, 0.717) is 44.7 Å².